The number of hydrogen-bond donors (Lipinski definition) is 0. The molecule has 0 fully saturated rings. The highest BCUT2D eigenvalue weighted by atomic mass is 16.7. The first-order valence-electron chi connectivity index (χ1n) is 11.6. The molecule has 0 spiro atoms. The van der Waals surface area contributed by atoms with Crippen LogP contribution in [0.4, 0.5) is 0 Å². The summed E-state index contributed by atoms with van der Waals surface area (Å²) in [6, 6.07) is 0. The fourth-order valence-electron chi connectivity index (χ4n) is 3.26. The third-order valence-electron chi connectivity index (χ3n) is 5.31. The molecule has 0 bridgehead atoms. The van der Waals surface area contributed by atoms with Crippen LogP contribution < -0.4 is 0 Å². The minimum atomic E-state index is 0.387. The molecule has 0 saturated heterocycles. The van der Waals surface area contributed by atoms with Crippen LogP contribution in [0.1, 0.15) is 38.5 Å². The minimum absolute atomic E-state index is 0.387. The standard InChI is InChI=1S/C24H40N4O4/c1-27(2,17-9-11-19-29-23-13-21-31-25-23)15-7-5-6-8-16-28(3,4)18-10-12-20-30-24-14-22-32-26-24/h5-8,13-22H2,1-4H3/q+2. The summed E-state index contributed by atoms with van der Waals surface area (Å²) in [7, 11) is 8.94. The Morgan fingerprint density at radius 1 is 0.688 bits per heavy atom. The van der Waals surface area contributed by atoms with Gasteiger partial charge in [0.15, 0.2) is 13.2 Å². The molecule has 32 heavy (non-hydrogen) atoms. The van der Waals surface area contributed by atoms with E-state index in [4.69, 9.17) is 19.1 Å². The highest BCUT2D eigenvalue weighted by molar-refractivity contribution is 5.77. The first-order valence-corrected chi connectivity index (χ1v) is 11.6. The quantitative estimate of drug-likeness (QED) is 0.276. The lowest BCUT2D eigenvalue weighted by atomic mass is 10.1. The van der Waals surface area contributed by atoms with Crippen LogP contribution >= 0.6 is 0 Å². The second-order valence-electron chi connectivity index (χ2n) is 9.47. The third-order valence-corrected chi connectivity index (χ3v) is 5.31. The average molecular weight is 449 g/mol. The van der Waals surface area contributed by atoms with Crippen molar-refractivity contribution in [2.24, 2.45) is 10.3 Å². The molecule has 2 heterocycles. The molecule has 8 heteroatoms. The van der Waals surface area contributed by atoms with Crippen molar-refractivity contribution in [2.45, 2.75) is 38.5 Å². The second-order valence-corrected chi connectivity index (χ2v) is 9.47. The first kappa shape index (κ1) is 25.8. The van der Waals surface area contributed by atoms with E-state index in [0.29, 0.717) is 38.2 Å². The maximum absolute atomic E-state index is 5.45. The number of unbranched alkanes of at least 4 members (excludes halogenated alkanes) is 3. The van der Waals surface area contributed by atoms with E-state index < -0.39 is 0 Å². The Kier molecular flexibility index (Phi) is 11.2. The van der Waals surface area contributed by atoms with Gasteiger partial charge in [0, 0.05) is 0 Å². The van der Waals surface area contributed by atoms with Crippen molar-refractivity contribution in [3.8, 4) is 23.7 Å². The second kappa shape index (κ2) is 13.9. The molecular weight excluding hydrogens is 408 g/mol. The lowest BCUT2D eigenvalue weighted by Crippen LogP contribution is -2.41. The monoisotopic (exact) mass is 448 g/mol. The molecule has 2 rings (SSSR count). The van der Waals surface area contributed by atoms with E-state index in [1.54, 1.807) is 0 Å². The highest BCUT2D eigenvalue weighted by Crippen LogP contribution is 2.08. The van der Waals surface area contributed by atoms with Crippen LogP contribution in [0.2, 0.25) is 0 Å². The van der Waals surface area contributed by atoms with Gasteiger partial charge in [-0.05, 0) is 37.5 Å². The van der Waals surface area contributed by atoms with E-state index in [1.165, 1.54) is 25.7 Å². The highest BCUT2D eigenvalue weighted by Gasteiger charge is 2.15. The van der Waals surface area contributed by atoms with Crippen molar-refractivity contribution >= 4 is 11.8 Å². The molecule has 0 amide bonds. The lowest BCUT2D eigenvalue weighted by Gasteiger charge is -2.28. The van der Waals surface area contributed by atoms with Gasteiger partial charge in [0.1, 0.15) is 26.3 Å². The number of rotatable bonds is 11. The van der Waals surface area contributed by atoms with Crippen molar-refractivity contribution in [3.05, 3.63) is 0 Å². The fourth-order valence-corrected chi connectivity index (χ4v) is 3.26. The summed E-state index contributed by atoms with van der Waals surface area (Å²) in [5.41, 5.74) is 0. The number of ether oxygens (including phenoxy) is 2. The maximum Gasteiger partial charge on any atom is 0.230 e. The lowest BCUT2D eigenvalue weighted by molar-refractivity contribution is -0.884. The van der Waals surface area contributed by atoms with Gasteiger partial charge >= 0.3 is 0 Å². The zero-order chi connectivity index (χ0) is 23.1. The molecule has 0 N–H and O–H groups in total. The van der Waals surface area contributed by atoms with E-state index in [9.17, 15) is 0 Å². The zero-order valence-electron chi connectivity index (χ0n) is 20.3. The van der Waals surface area contributed by atoms with Gasteiger partial charge in [-0.15, -0.1) is 0 Å². The molecule has 2 aliphatic rings. The molecule has 178 valence electrons. The molecule has 0 aromatic rings. The van der Waals surface area contributed by atoms with Gasteiger partial charge in [-0.3, -0.25) is 0 Å². The van der Waals surface area contributed by atoms with Crippen LogP contribution in [0.5, 0.6) is 0 Å². The van der Waals surface area contributed by atoms with Crippen molar-refractivity contribution < 1.29 is 28.1 Å². The number of oxime groups is 2. The summed E-state index contributed by atoms with van der Waals surface area (Å²) < 4.78 is 12.7. The first-order chi connectivity index (χ1) is 15.4. The van der Waals surface area contributed by atoms with Gasteiger partial charge in [0.2, 0.25) is 11.8 Å². The van der Waals surface area contributed by atoms with E-state index in [2.05, 4.69) is 62.2 Å². The smallest absolute Gasteiger partial charge is 0.230 e. The Bertz CT molecular complexity index is 689. The van der Waals surface area contributed by atoms with Crippen molar-refractivity contribution in [1.82, 2.24) is 0 Å². The molecule has 0 aromatic carbocycles. The average Bonchev–Trinajstić information content (AvgIpc) is 3.44. The molecule has 0 aromatic heterocycles. The van der Waals surface area contributed by atoms with Gasteiger partial charge in [-0.1, -0.05) is 22.2 Å². The Balaban J connectivity index is 1.48. The molecule has 0 saturated carbocycles. The van der Waals surface area contributed by atoms with Crippen LogP contribution in [0.15, 0.2) is 10.3 Å². The van der Waals surface area contributed by atoms with Gasteiger partial charge < -0.3 is 28.1 Å². The summed E-state index contributed by atoms with van der Waals surface area (Å²) in [6.07, 6.45) is 6.43. The van der Waals surface area contributed by atoms with E-state index in [-0.39, 0.29) is 0 Å². The molecule has 0 unspecified atom stereocenters. The predicted molar refractivity (Wildman–Crippen MR) is 126 cm³/mol. The third kappa shape index (κ3) is 11.8. The maximum atomic E-state index is 5.45. The van der Waals surface area contributed by atoms with E-state index >= 15 is 0 Å². The summed E-state index contributed by atoms with van der Waals surface area (Å²) in [5.74, 6) is 13.9. The Labute approximate surface area is 193 Å². The summed E-state index contributed by atoms with van der Waals surface area (Å²) in [4.78, 5) is 9.79. The normalized spacial score (nSPS) is 15.4. The summed E-state index contributed by atoms with van der Waals surface area (Å²) in [5, 5.41) is 7.60. The van der Waals surface area contributed by atoms with Crippen molar-refractivity contribution in [3.63, 3.8) is 0 Å². The molecule has 0 atom stereocenters. The van der Waals surface area contributed by atoms with Crippen molar-refractivity contribution in [2.75, 3.05) is 80.8 Å². The number of nitrogens with zero attached hydrogens (tertiary/aromatic N) is 4. The van der Waals surface area contributed by atoms with Crippen LogP contribution in [-0.2, 0) is 19.1 Å². The van der Waals surface area contributed by atoms with Crippen molar-refractivity contribution in [1.29, 1.82) is 0 Å². The Hall–Kier alpha value is -2.42. The SMILES string of the molecule is C[N+](C)(CC#CCOC1=NOCC1)CCCCCC[N+](C)(C)CC#CCOC1=NOCC1. The fraction of sp³-hybridized carbons (Fsp3) is 0.750. The zero-order valence-corrected chi connectivity index (χ0v) is 20.3. The van der Waals surface area contributed by atoms with Gasteiger partial charge in [0.25, 0.3) is 0 Å². The van der Waals surface area contributed by atoms with Crippen LogP contribution in [0.3, 0.4) is 0 Å². The number of hydrogen-bond acceptors (Lipinski definition) is 6. The number of quaternary nitrogens is 2. The van der Waals surface area contributed by atoms with E-state index in [1.807, 2.05) is 0 Å². The van der Waals surface area contributed by atoms with Crippen LogP contribution in [0, 0.1) is 23.7 Å². The molecule has 0 radical (unpaired) electrons. The molecule has 0 aliphatic carbocycles. The summed E-state index contributed by atoms with van der Waals surface area (Å²) >= 11 is 0. The van der Waals surface area contributed by atoms with Crippen LogP contribution in [-0.4, -0.2) is 102 Å². The predicted octanol–water partition coefficient (Wildman–Crippen LogP) is 2.21. The Morgan fingerprint density at radius 2 is 1.12 bits per heavy atom. The molecular formula is C24H40N4O4+2. The largest absolute Gasteiger partial charge is 0.465 e. The summed E-state index contributed by atoms with van der Waals surface area (Å²) in [6.45, 7) is 5.93. The van der Waals surface area contributed by atoms with Crippen LogP contribution in [0.25, 0.3) is 0 Å². The topological polar surface area (TPSA) is 61.6 Å². The Morgan fingerprint density at radius 3 is 1.50 bits per heavy atom. The molecule has 2 aliphatic heterocycles. The molecule has 8 nitrogen and oxygen atoms in total. The minimum Gasteiger partial charge on any atom is -0.465 e. The van der Waals surface area contributed by atoms with Gasteiger partial charge in [-0.25, -0.2) is 0 Å². The van der Waals surface area contributed by atoms with Gasteiger partial charge in [0.05, 0.1) is 54.1 Å². The van der Waals surface area contributed by atoms with E-state index in [0.717, 1.165) is 48.0 Å². The van der Waals surface area contributed by atoms with Gasteiger partial charge in [-0.2, -0.15) is 0 Å².